The van der Waals surface area contributed by atoms with Gasteiger partial charge in [-0.25, -0.2) is 0 Å². The van der Waals surface area contributed by atoms with Crippen LogP contribution in [0.5, 0.6) is 17.2 Å². The summed E-state index contributed by atoms with van der Waals surface area (Å²) < 4.78 is 21.8. The summed E-state index contributed by atoms with van der Waals surface area (Å²) in [7, 11) is 4.72. The molecule has 0 fully saturated rings. The van der Waals surface area contributed by atoms with Gasteiger partial charge in [0.2, 0.25) is 17.5 Å². The van der Waals surface area contributed by atoms with E-state index >= 15 is 0 Å². The molecule has 3 aromatic carbocycles. The number of ether oxygens (including phenoxy) is 3. The average Bonchev–Trinajstić information content (AvgIpc) is 3.29. The predicted molar refractivity (Wildman–Crippen MR) is 120 cm³/mol. The van der Waals surface area contributed by atoms with E-state index in [0.29, 0.717) is 35.5 Å². The summed E-state index contributed by atoms with van der Waals surface area (Å²) in [6, 6.07) is 18.3. The Bertz CT molecular complexity index is 1160. The summed E-state index contributed by atoms with van der Waals surface area (Å²) in [6.07, 6.45) is 0. The highest BCUT2D eigenvalue weighted by atomic mass is 16.5. The second-order valence-corrected chi connectivity index (χ2v) is 6.97. The van der Waals surface area contributed by atoms with Gasteiger partial charge >= 0.3 is 0 Å². The van der Waals surface area contributed by atoms with Crippen LogP contribution in [-0.2, 0) is 6.54 Å². The van der Waals surface area contributed by atoms with Crippen LogP contribution in [0.25, 0.3) is 22.2 Å². The first-order chi connectivity index (χ1) is 15.2. The molecule has 7 nitrogen and oxygen atoms in total. The second kappa shape index (κ2) is 8.95. The highest BCUT2D eigenvalue weighted by Gasteiger charge is 2.18. The number of hydrogen-bond donors (Lipinski definition) is 0. The Morgan fingerprint density at radius 2 is 1.58 bits per heavy atom. The molecule has 1 aromatic heterocycles. The Hall–Kier alpha value is -3.74. The van der Waals surface area contributed by atoms with E-state index in [2.05, 4.69) is 52.3 Å². The molecule has 0 aliphatic rings. The number of benzene rings is 3. The Balaban J connectivity index is 1.60. The van der Waals surface area contributed by atoms with Gasteiger partial charge in [-0.2, -0.15) is 4.98 Å². The van der Waals surface area contributed by atoms with Crippen molar-refractivity contribution in [1.29, 1.82) is 0 Å². The van der Waals surface area contributed by atoms with Gasteiger partial charge in [-0.1, -0.05) is 35.5 Å². The third kappa shape index (κ3) is 4.12. The standard InChI is InChI=1S/C24H25N3O4/c1-5-27(19-11-10-16-8-6-7-9-17(16)12-19)15-22-25-24(26-31-22)18-13-20(28-2)23(30-4)21(14-18)29-3/h6-14H,5,15H2,1-4H3. The highest BCUT2D eigenvalue weighted by Crippen LogP contribution is 2.40. The van der Waals surface area contributed by atoms with Crippen molar-refractivity contribution in [3.63, 3.8) is 0 Å². The van der Waals surface area contributed by atoms with Gasteiger partial charge in [-0.15, -0.1) is 0 Å². The summed E-state index contributed by atoms with van der Waals surface area (Å²) in [4.78, 5) is 6.78. The third-order valence-electron chi connectivity index (χ3n) is 5.20. The molecular weight excluding hydrogens is 394 g/mol. The predicted octanol–water partition coefficient (Wildman–Crippen LogP) is 4.94. The zero-order chi connectivity index (χ0) is 21.8. The molecule has 0 amide bonds. The van der Waals surface area contributed by atoms with E-state index in [1.807, 2.05) is 12.1 Å². The van der Waals surface area contributed by atoms with Crippen molar-refractivity contribution in [2.75, 3.05) is 32.8 Å². The van der Waals surface area contributed by atoms with Crippen molar-refractivity contribution in [2.45, 2.75) is 13.5 Å². The Morgan fingerprint density at radius 1 is 0.871 bits per heavy atom. The number of rotatable bonds is 8. The number of aromatic nitrogens is 2. The maximum Gasteiger partial charge on any atom is 0.246 e. The maximum absolute atomic E-state index is 5.55. The lowest BCUT2D eigenvalue weighted by Gasteiger charge is -2.21. The molecule has 0 atom stereocenters. The number of nitrogens with zero attached hydrogens (tertiary/aromatic N) is 3. The van der Waals surface area contributed by atoms with Crippen LogP contribution >= 0.6 is 0 Å². The van der Waals surface area contributed by atoms with Gasteiger partial charge in [0.25, 0.3) is 0 Å². The molecule has 0 spiro atoms. The summed E-state index contributed by atoms with van der Waals surface area (Å²) in [5.41, 5.74) is 1.83. The van der Waals surface area contributed by atoms with Crippen molar-refractivity contribution in [1.82, 2.24) is 10.1 Å². The van der Waals surface area contributed by atoms with Crippen molar-refractivity contribution < 1.29 is 18.7 Å². The minimum atomic E-state index is 0.462. The normalized spacial score (nSPS) is 10.8. The average molecular weight is 419 g/mol. The number of fused-ring (bicyclic) bond motifs is 1. The molecule has 0 bridgehead atoms. The van der Waals surface area contributed by atoms with Crippen LogP contribution in [0.2, 0.25) is 0 Å². The zero-order valence-electron chi connectivity index (χ0n) is 18.1. The molecule has 0 N–H and O–H groups in total. The first kappa shape index (κ1) is 20.5. The second-order valence-electron chi connectivity index (χ2n) is 6.97. The molecular formula is C24H25N3O4. The molecule has 0 saturated carbocycles. The maximum atomic E-state index is 5.55. The molecule has 4 aromatic rings. The molecule has 4 rings (SSSR count). The van der Waals surface area contributed by atoms with E-state index in [1.54, 1.807) is 33.5 Å². The van der Waals surface area contributed by atoms with Crippen LogP contribution < -0.4 is 19.1 Å². The third-order valence-corrected chi connectivity index (χ3v) is 5.20. The van der Waals surface area contributed by atoms with Crippen LogP contribution in [0.4, 0.5) is 5.69 Å². The molecule has 0 saturated heterocycles. The van der Waals surface area contributed by atoms with Gasteiger partial charge in [0, 0.05) is 17.8 Å². The monoisotopic (exact) mass is 419 g/mol. The first-order valence-electron chi connectivity index (χ1n) is 10.0. The molecule has 7 heteroatoms. The van der Waals surface area contributed by atoms with Crippen molar-refractivity contribution in [3.8, 4) is 28.6 Å². The minimum absolute atomic E-state index is 0.462. The molecule has 1 heterocycles. The van der Waals surface area contributed by atoms with E-state index < -0.39 is 0 Å². The molecule has 160 valence electrons. The molecule has 0 unspecified atom stereocenters. The topological polar surface area (TPSA) is 69.9 Å². The highest BCUT2D eigenvalue weighted by molar-refractivity contribution is 5.85. The lowest BCUT2D eigenvalue weighted by molar-refractivity contribution is 0.324. The van der Waals surface area contributed by atoms with Gasteiger partial charge in [-0.05, 0) is 42.0 Å². The summed E-state index contributed by atoms with van der Waals surface area (Å²) in [5.74, 6) is 2.58. The van der Waals surface area contributed by atoms with Gasteiger partial charge in [-0.3, -0.25) is 0 Å². The molecule has 0 radical (unpaired) electrons. The smallest absolute Gasteiger partial charge is 0.246 e. The fraction of sp³-hybridized carbons (Fsp3) is 0.250. The molecule has 31 heavy (non-hydrogen) atoms. The Kier molecular flexibility index (Phi) is 5.93. The summed E-state index contributed by atoms with van der Waals surface area (Å²) in [6.45, 7) is 3.41. The van der Waals surface area contributed by atoms with Gasteiger partial charge in [0.1, 0.15) is 0 Å². The molecule has 0 aliphatic heterocycles. The van der Waals surface area contributed by atoms with Gasteiger partial charge in [0.05, 0.1) is 27.9 Å². The molecule has 0 aliphatic carbocycles. The minimum Gasteiger partial charge on any atom is -0.493 e. The van der Waals surface area contributed by atoms with E-state index in [4.69, 9.17) is 18.7 Å². The van der Waals surface area contributed by atoms with E-state index in [-0.39, 0.29) is 0 Å². The van der Waals surface area contributed by atoms with Crippen LogP contribution in [-0.4, -0.2) is 38.0 Å². The van der Waals surface area contributed by atoms with E-state index in [9.17, 15) is 0 Å². The lowest BCUT2D eigenvalue weighted by Crippen LogP contribution is -2.22. The van der Waals surface area contributed by atoms with E-state index in [1.165, 1.54) is 10.8 Å². The zero-order valence-corrected chi connectivity index (χ0v) is 18.1. The van der Waals surface area contributed by atoms with Crippen LogP contribution in [0.3, 0.4) is 0 Å². The first-order valence-corrected chi connectivity index (χ1v) is 10.0. The van der Waals surface area contributed by atoms with Crippen molar-refractivity contribution in [2.24, 2.45) is 0 Å². The number of hydrogen-bond acceptors (Lipinski definition) is 7. The van der Waals surface area contributed by atoms with E-state index in [0.717, 1.165) is 17.8 Å². The Labute approximate surface area is 181 Å². The number of methoxy groups -OCH3 is 3. The van der Waals surface area contributed by atoms with Gasteiger partial charge in [0.15, 0.2) is 11.5 Å². The van der Waals surface area contributed by atoms with Crippen molar-refractivity contribution in [3.05, 3.63) is 60.5 Å². The van der Waals surface area contributed by atoms with Gasteiger partial charge < -0.3 is 23.6 Å². The SMILES string of the molecule is CCN(Cc1nc(-c2cc(OC)c(OC)c(OC)c2)no1)c1ccc2ccccc2c1. The number of anilines is 1. The largest absolute Gasteiger partial charge is 0.493 e. The van der Waals surface area contributed by atoms with Crippen LogP contribution in [0, 0.1) is 0 Å². The lowest BCUT2D eigenvalue weighted by atomic mass is 10.1. The summed E-state index contributed by atoms with van der Waals surface area (Å²) in [5, 5.41) is 6.57. The van der Waals surface area contributed by atoms with Crippen LogP contribution in [0.1, 0.15) is 12.8 Å². The van der Waals surface area contributed by atoms with Crippen LogP contribution in [0.15, 0.2) is 59.1 Å². The summed E-state index contributed by atoms with van der Waals surface area (Å²) >= 11 is 0. The fourth-order valence-electron chi connectivity index (χ4n) is 3.57. The van der Waals surface area contributed by atoms with Crippen molar-refractivity contribution >= 4 is 16.5 Å². The Morgan fingerprint density at radius 3 is 2.23 bits per heavy atom. The quantitative estimate of drug-likeness (QED) is 0.400. The fourth-order valence-corrected chi connectivity index (χ4v) is 3.57.